The summed E-state index contributed by atoms with van der Waals surface area (Å²) in [6.45, 7) is 7.32. The van der Waals surface area contributed by atoms with Gasteiger partial charge < -0.3 is 9.16 Å². The van der Waals surface area contributed by atoms with Gasteiger partial charge in [-0.2, -0.15) is 4.99 Å². The lowest BCUT2D eigenvalue weighted by Gasteiger charge is -2.43. The predicted octanol–water partition coefficient (Wildman–Crippen LogP) is 3.40. The van der Waals surface area contributed by atoms with E-state index < -0.39 is 14.0 Å². The Hall–Kier alpha value is -2.04. The predicted molar refractivity (Wildman–Crippen MR) is 112 cm³/mol. The number of nitrogens with zero attached hydrogens (tertiary/aromatic N) is 1. The SMILES string of the molecule is CC(C)(C)[Si](OC[C@@H]1C[C@H]2C[C@@]2(N=C=O)O1)(c1ccccc1)c1ccccc1. The summed E-state index contributed by atoms with van der Waals surface area (Å²) in [6, 6.07) is 21.2. The van der Waals surface area contributed by atoms with Crippen LogP contribution in [-0.2, 0) is 14.0 Å². The molecule has 3 atom stereocenters. The van der Waals surface area contributed by atoms with Crippen LogP contribution in [0.25, 0.3) is 0 Å². The van der Waals surface area contributed by atoms with Crippen LogP contribution in [0.2, 0.25) is 5.04 Å². The Bertz CT molecular complexity index is 834. The van der Waals surface area contributed by atoms with Gasteiger partial charge in [0.05, 0.1) is 12.7 Å². The quantitative estimate of drug-likeness (QED) is 0.429. The van der Waals surface area contributed by atoms with Gasteiger partial charge in [0.2, 0.25) is 6.08 Å². The Kier molecular flexibility index (Phi) is 4.88. The minimum Gasteiger partial charge on any atom is -0.405 e. The molecule has 2 fully saturated rings. The zero-order chi connectivity index (χ0) is 19.8. The van der Waals surface area contributed by atoms with Crippen LogP contribution in [0.1, 0.15) is 33.6 Å². The van der Waals surface area contributed by atoms with E-state index in [9.17, 15) is 4.79 Å². The van der Waals surface area contributed by atoms with Gasteiger partial charge in [-0.15, -0.1) is 0 Å². The van der Waals surface area contributed by atoms with Crippen molar-refractivity contribution in [3.8, 4) is 0 Å². The third kappa shape index (κ3) is 3.19. The van der Waals surface area contributed by atoms with Crippen LogP contribution in [0.3, 0.4) is 0 Å². The highest BCUT2D eigenvalue weighted by atomic mass is 28.4. The molecule has 28 heavy (non-hydrogen) atoms. The maximum absolute atomic E-state index is 10.7. The maximum atomic E-state index is 10.7. The molecule has 1 saturated carbocycles. The van der Waals surface area contributed by atoms with E-state index in [1.807, 2.05) is 12.1 Å². The Labute approximate surface area is 167 Å². The highest BCUT2D eigenvalue weighted by molar-refractivity contribution is 6.99. The third-order valence-corrected chi connectivity index (χ3v) is 11.1. The summed E-state index contributed by atoms with van der Waals surface area (Å²) < 4.78 is 13.0. The van der Waals surface area contributed by atoms with Gasteiger partial charge in [0.1, 0.15) is 0 Å². The van der Waals surface area contributed by atoms with Crippen LogP contribution >= 0.6 is 0 Å². The van der Waals surface area contributed by atoms with Gasteiger partial charge >= 0.3 is 0 Å². The molecule has 0 N–H and O–H groups in total. The zero-order valence-electron chi connectivity index (χ0n) is 16.7. The van der Waals surface area contributed by atoms with Crippen LogP contribution in [-0.4, -0.2) is 32.8 Å². The fourth-order valence-electron chi connectivity index (χ4n) is 4.68. The largest absolute Gasteiger partial charge is 0.405 e. The lowest BCUT2D eigenvalue weighted by atomic mass is 10.2. The summed E-state index contributed by atoms with van der Waals surface area (Å²) in [7, 11) is -2.55. The summed E-state index contributed by atoms with van der Waals surface area (Å²) in [6.07, 6.45) is 3.37. The summed E-state index contributed by atoms with van der Waals surface area (Å²) in [4.78, 5) is 14.6. The van der Waals surface area contributed by atoms with E-state index in [1.165, 1.54) is 10.4 Å². The minimum atomic E-state index is -2.55. The molecule has 4 rings (SSSR count). The van der Waals surface area contributed by atoms with Crippen molar-refractivity contribution >= 4 is 24.8 Å². The van der Waals surface area contributed by atoms with Gasteiger partial charge in [-0.1, -0.05) is 81.4 Å². The monoisotopic (exact) mass is 393 g/mol. The molecule has 146 valence electrons. The molecule has 2 aromatic carbocycles. The average Bonchev–Trinajstić information content (AvgIpc) is 3.23. The van der Waals surface area contributed by atoms with Gasteiger partial charge in [0.15, 0.2) is 5.72 Å². The maximum Gasteiger partial charge on any atom is 0.261 e. The van der Waals surface area contributed by atoms with E-state index in [0.717, 1.165) is 12.8 Å². The molecule has 5 heteroatoms. The smallest absolute Gasteiger partial charge is 0.261 e. The van der Waals surface area contributed by atoms with Gasteiger partial charge in [0, 0.05) is 12.3 Å². The highest BCUT2D eigenvalue weighted by Crippen LogP contribution is 2.57. The summed E-state index contributed by atoms with van der Waals surface area (Å²) >= 11 is 0. The molecular weight excluding hydrogens is 366 g/mol. The molecule has 0 unspecified atom stereocenters. The fourth-order valence-corrected chi connectivity index (χ4v) is 9.27. The molecule has 2 aromatic rings. The molecule has 4 nitrogen and oxygen atoms in total. The van der Waals surface area contributed by atoms with E-state index in [2.05, 4.69) is 74.3 Å². The molecule has 0 bridgehead atoms. The first kappa shape index (κ1) is 19.3. The second-order valence-electron chi connectivity index (χ2n) is 8.90. The number of carbonyl (C=O) groups excluding carboxylic acids is 1. The normalized spacial score (nSPS) is 26.4. The Balaban J connectivity index is 1.67. The highest BCUT2D eigenvalue weighted by Gasteiger charge is 2.63. The molecule has 1 aliphatic carbocycles. The molecule has 1 saturated heterocycles. The van der Waals surface area contributed by atoms with Crippen molar-refractivity contribution in [2.75, 3.05) is 6.61 Å². The van der Waals surface area contributed by atoms with Crippen molar-refractivity contribution in [3.05, 3.63) is 60.7 Å². The Morgan fingerprint density at radius 3 is 2.18 bits per heavy atom. The van der Waals surface area contributed by atoms with Crippen LogP contribution in [0.4, 0.5) is 0 Å². The zero-order valence-corrected chi connectivity index (χ0v) is 17.7. The summed E-state index contributed by atoms with van der Waals surface area (Å²) in [5.74, 6) is 0.335. The molecule has 0 amide bonds. The standard InChI is InChI=1S/C23H27NO3Si/c1-22(2,3)28(20-10-6-4-7-11-20,21-12-8-5-9-13-21)26-16-19-14-18-15-23(18,27-19)24-17-25/h4-13,18-19H,14-16H2,1-3H3/t18-,19-,23+/m0/s1. The van der Waals surface area contributed by atoms with E-state index in [4.69, 9.17) is 9.16 Å². The topological polar surface area (TPSA) is 47.9 Å². The molecule has 1 heterocycles. The van der Waals surface area contributed by atoms with E-state index in [-0.39, 0.29) is 11.1 Å². The number of ether oxygens (including phenoxy) is 1. The van der Waals surface area contributed by atoms with Crippen LogP contribution < -0.4 is 10.4 Å². The van der Waals surface area contributed by atoms with Gasteiger partial charge in [0.25, 0.3) is 8.32 Å². The third-order valence-electron chi connectivity index (χ3n) is 6.07. The van der Waals surface area contributed by atoms with Gasteiger partial charge in [-0.05, 0) is 21.8 Å². The van der Waals surface area contributed by atoms with Gasteiger partial charge in [-0.25, -0.2) is 4.79 Å². The molecule has 2 aliphatic rings. The van der Waals surface area contributed by atoms with E-state index in [0.29, 0.717) is 12.5 Å². The average molecular weight is 394 g/mol. The first-order valence-electron chi connectivity index (χ1n) is 9.93. The summed E-state index contributed by atoms with van der Waals surface area (Å²) in [5, 5.41) is 2.46. The van der Waals surface area contributed by atoms with Crippen LogP contribution in [0, 0.1) is 5.92 Å². The van der Waals surface area contributed by atoms with Crippen molar-refractivity contribution in [3.63, 3.8) is 0 Å². The number of isocyanates is 1. The second-order valence-corrected chi connectivity index (χ2v) is 13.2. The van der Waals surface area contributed by atoms with Crippen molar-refractivity contribution in [1.29, 1.82) is 0 Å². The Morgan fingerprint density at radius 1 is 1.11 bits per heavy atom. The first-order valence-corrected chi connectivity index (χ1v) is 11.8. The number of aliphatic imine (C=N–C) groups is 1. The van der Waals surface area contributed by atoms with Crippen LogP contribution in [0.5, 0.6) is 0 Å². The van der Waals surface area contributed by atoms with Crippen molar-refractivity contribution < 1.29 is 14.0 Å². The van der Waals surface area contributed by atoms with Gasteiger partial charge in [-0.3, -0.25) is 0 Å². The molecule has 0 radical (unpaired) electrons. The first-order chi connectivity index (χ1) is 13.4. The molecule has 0 spiro atoms. The van der Waals surface area contributed by atoms with Crippen molar-refractivity contribution in [1.82, 2.24) is 0 Å². The molecule has 1 aliphatic heterocycles. The fraction of sp³-hybridized carbons (Fsp3) is 0.435. The van der Waals surface area contributed by atoms with Crippen molar-refractivity contribution in [2.24, 2.45) is 10.9 Å². The molecule has 0 aromatic heterocycles. The second kappa shape index (κ2) is 7.09. The number of hydrogen-bond donors (Lipinski definition) is 0. The number of hydrogen-bond acceptors (Lipinski definition) is 4. The minimum absolute atomic E-state index is 0.0301. The number of rotatable bonds is 6. The van der Waals surface area contributed by atoms with E-state index >= 15 is 0 Å². The lowest BCUT2D eigenvalue weighted by Crippen LogP contribution is -2.67. The van der Waals surface area contributed by atoms with E-state index in [1.54, 1.807) is 6.08 Å². The Morgan fingerprint density at radius 2 is 1.68 bits per heavy atom. The summed E-state index contributed by atoms with van der Waals surface area (Å²) in [5.41, 5.74) is -0.610. The van der Waals surface area contributed by atoms with Crippen LogP contribution in [0.15, 0.2) is 65.7 Å². The number of fused-ring (bicyclic) bond motifs is 1. The lowest BCUT2D eigenvalue weighted by molar-refractivity contribution is -0.0152. The number of benzene rings is 2. The molecular formula is C23H27NO3Si. The van der Waals surface area contributed by atoms with Crippen molar-refractivity contribution in [2.45, 2.75) is 50.5 Å².